The molecule has 4 heteroatoms. The molecule has 0 aromatic heterocycles. The Morgan fingerprint density at radius 1 is 1.19 bits per heavy atom. The Bertz CT molecular complexity index is 235. The molecule has 0 unspecified atom stereocenters. The molecule has 94 valence electrons. The van der Waals surface area contributed by atoms with E-state index in [-0.39, 0.29) is 12.4 Å². The van der Waals surface area contributed by atoms with Gasteiger partial charge >= 0.3 is 5.97 Å². The van der Waals surface area contributed by atoms with Gasteiger partial charge in [0.05, 0.1) is 5.41 Å². The average molecular weight is 248 g/mol. The molecule has 0 saturated heterocycles. The molecule has 0 aliphatic heterocycles. The number of nitrogens with one attached hydrogen (secondary N) is 1. The molecule has 2 aliphatic carbocycles. The average Bonchev–Trinajstić information content (AvgIpc) is 2.17. The molecule has 0 heterocycles. The van der Waals surface area contributed by atoms with Crippen molar-refractivity contribution in [1.82, 2.24) is 5.32 Å². The van der Waals surface area contributed by atoms with E-state index in [0.717, 1.165) is 19.3 Å². The van der Waals surface area contributed by atoms with Crippen molar-refractivity contribution >= 4 is 18.4 Å². The van der Waals surface area contributed by atoms with Gasteiger partial charge in [-0.2, -0.15) is 0 Å². The van der Waals surface area contributed by atoms with E-state index in [0.29, 0.717) is 12.6 Å². The van der Waals surface area contributed by atoms with Gasteiger partial charge in [0.1, 0.15) is 0 Å². The van der Waals surface area contributed by atoms with Crippen molar-refractivity contribution in [3.05, 3.63) is 0 Å². The Labute approximate surface area is 103 Å². The lowest BCUT2D eigenvalue weighted by Gasteiger charge is -2.39. The Balaban J connectivity index is 0.00000128. The third-order valence-corrected chi connectivity index (χ3v) is 4.10. The van der Waals surface area contributed by atoms with Crippen molar-refractivity contribution in [2.75, 3.05) is 6.54 Å². The minimum absolute atomic E-state index is 0. The Hall–Kier alpha value is -0.280. The molecule has 0 spiro atoms. The number of carboxylic acids is 1. The van der Waals surface area contributed by atoms with Crippen LogP contribution in [-0.4, -0.2) is 23.7 Å². The van der Waals surface area contributed by atoms with Crippen molar-refractivity contribution in [3.8, 4) is 0 Å². The molecule has 2 N–H and O–H groups in total. The maximum atomic E-state index is 11.1. The highest BCUT2D eigenvalue weighted by Crippen LogP contribution is 2.40. The number of rotatable bonds is 4. The predicted molar refractivity (Wildman–Crippen MR) is 66.0 cm³/mol. The fourth-order valence-corrected chi connectivity index (χ4v) is 2.72. The van der Waals surface area contributed by atoms with Gasteiger partial charge in [0.25, 0.3) is 0 Å². The predicted octanol–water partition coefficient (Wildman–Crippen LogP) is 2.59. The standard InChI is InChI=1S/C12H21NO2.ClH/c14-11(15)12(7-4-8-12)9-13-10-5-2-1-3-6-10;/h10,13H,1-9H2,(H,14,15);1H. The maximum Gasteiger partial charge on any atom is 0.310 e. The van der Waals surface area contributed by atoms with E-state index in [1.165, 1.54) is 32.1 Å². The van der Waals surface area contributed by atoms with Crippen LogP contribution in [0.25, 0.3) is 0 Å². The van der Waals surface area contributed by atoms with Crippen LogP contribution in [0.4, 0.5) is 0 Å². The zero-order valence-electron chi connectivity index (χ0n) is 9.71. The first-order valence-corrected chi connectivity index (χ1v) is 6.20. The molecular weight excluding hydrogens is 226 g/mol. The maximum absolute atomic E-state index is 11.1. The first-order chi connectivity index (χ1) is 7.23. The van der Waals surface area contributed by atoms with Crippen LogP contribution in [0.1, 0.15) is 51.4 Å². The highest BCUT2D eigenvalue weighted by Gasteiger charge is 2.44. The van der Waals surface area contributed by atoms with Crippen LogP contribution in [0.2, 0.25) is 0 Å². The molecule has 0 amide bonds. The fraction of sp³-hybridized carbons (Fsp3) is 0.917. The van der Waals surface area contributed by atoms with E-state index in [2.05, 4.69) is 5.32 Å². The van der Waals surface area contributed by atoms with Gasteiger partial charge in [0.15, 0.2) is 0 Å². The lowest BCUT2D eigenvalue weighted by Crippen LogP contribution is -2.48. The smallest absolute Gasteiger partial charge is 0.310 e. The number of halogens is 1. The van der Waals surface area contributed by atoms with Crippen molar-refractivity contribution in [2.24, 2.45) is 5.41 Å². The van der Waals surface area contributed by atoms with Crippen molar-refractivity contribution < 1.29 is 9.90 Å². The van der Waals surface area contributed by atoms with Crippen molar-refractivity contribution in [1.29, 1.82) is 0 Å². The summed E-state index contributed by atoms with van der Waals surface area (Å²) in [6.45, 7) is 0.687. The number of hydrogen-bond acceptors (Lipinski definition) is 2. The molecule has 0 aromatic rings. The molecule has 0 atom stereocenters. The largest absolute Gasteiger partial charge is 0.481 e. The summed E-state index contributed by atoms with van der Waals surface area (Å²) in [5.74, 6) is -0.600. The van der Waals surface area contributed by atoms with E-state index in [1.807, 2.05) is 0 Å². The van der Waals surface area contributed by atoms with Gasteiger partial charge in [-0.3, -0.25) is 4.79 Å². The highest BCUT2D eigenvalue weighted by atomic mass is 35.5. The van der Waals surface area contributed by atoms with Gasteiger partial charge in [-0.25, -0.2) is 0 Å². The SMILES string of the molecule is Cl.O=C(O)C1(CNC2CCCCC2)CCC1. The molecule has 0 bridgehead atoms. The van der Waals surface area contributed by atoms with Crippen LogP contribution in [0, 0.1) is 5.41 Å². The van der Waals surface area contributed by atoms with Crippen LogP contribution in [-0.2, 0) is 4.79 Å². The summed E-state index contributed by atoms with van der Waals surface area (Å²) in [7, 11) is 0. The first-order valence-electron chi connectivity index (χ1n) is 6.20. The Morgan fingerprint density at radius 3 is 2.25 bits per heavy atom. The van der Waals surface area contributed by atoms with Gasteiger partial charge in [-0.15, -0.1) is 12.4 Å². The lowest BCUT2D eigenvalue weighted by atomic mass is 9.68. The zero-order chi connectivity index (χ0) is 10.7. The van der Waals surface area contributed by atoms with Gasteiger partial charge in [-0.05, 0) is 25.7 Å². The van der Waals surface area contributed by atoms with Gasteiger partial charge in [0.2, 0.25) is 0 Å². The number of hydrogen-bond donors (Lipinski definition) is 2. The Kier molecular flexibility index (Phi) is 5.06. The second kappa shape index (κ2) is 5.87. The third kappa shape index (κ3) is 2.89. The van der Waals surface area contributed by atoms with E-state index < -0.39 is 11.4 Å². The third-order valence-electron chi connectivity index (χ3n) is 4.10. The summed E-state index contributed by atoms with van der Waals surface area (Å²) >= 11 is 0. The topological polar surface area (TPSA) is 49.3 Å². The number of carbonyl (C=O) groups is 1. The second-order valence-electron chi connectivity index (χ2n) is 5.15. The summed E-state index contributed by atoms with van der Waals surface area (Å²) in [6, 6.07) is 0.579. The summed E-state index contributed by atoms with van der Waals surface area (Å²) < 4.78 is 0. The molecule has 2 fully saturated rings. The van der Waals surface area contributed by atoms with E-state index in [4.69, 9.17) is 0 Å². The lowest BCUT2D eigenvalue weighted by molar-refractivity contribution is -0.154. The fourth-order valence-electron chi connectivity index (χ4n) is 2.72. The Morgan fingerprint density at radius 2 is 1.81 bits per heavy atom. The van der Waals surface area contributed by atoms with Crippen LogP contribution in [0.15, 0.2) is 0 Å². The van der Waals surface area contributed by atoms with E-state index in [9.17, 15) is 9.90 Å². The van der Waals surface area contributed by atoms with Gasteiger partial charge < -0.3 is 10.4 Å². The summed E-state index contributed by atoms with van der Waals surface area (Å²) in [5, 5.41) is 12.6. The quantitative estimate of drug-likeness (QED) is 0.803. The summed E-state index contributed by atoms with van der Waals surface area (Å²) in [5.41, 5.74) is -0.419. The summed E-state index contributed by atoms with van der Waals surface area (Å²) in [4.78, 5) is 11.1. The second-order valence-corrected chi connectivity index (χ2v) is 5.15. The molecular formula is C12H22ClNO2. The van der Waals surface area contributed by atoms with Crippen molar-refractivity contribution in [2.45, 2.75) is 57.4 Å². The van der Waals surface area contributed by atoms with Crippen molar-refractivity contribution in [3.63, 3.8) is 0 Å². The molecule has 0 aromatic carbocycles. The molecule has 0 radical (unpaired) electrons. The normalized spacial score (nSPS) is 24.2. The van der Waals surface area contributed by atoms with E-state index in [1.54, 1.807) is 0 Å². The monoisotopic (exact) mass is 247 g/mol. The minimum atomic E-state index is -0.600. The summed E-state index contributed by atoms with van der Waals surface area (Å²) in [6.07, 6.45) is 9.23. The molecule has 3 nitrogen and oxygen atoms in total. The van der Waals surface area contributed by atoms with Gasteiger partial charge in [0, 0.05) is 12.6 Å². The first kappa shape index (κ1) is 13.8. The van der Waals surface area contributed by atoms with E-state index >= 15 is 0 Å². The minimum Gasteiger partial charge on any atom is -0.481 e. The molecule has 2 saturated carbocycles. The van der Waals surface area contributed by atoms with Crippen LogP contribution >= 0.6 is 12.4 Å². The molecule has 2 rings (SSSR count). The zero-order valence-corrected chi connectivity index (χ0v) is 10.5. The molecule has 2 aliphatic rings. The van der Waals surface area contributed by atoms with Crippen LogP contribution in [0.5, 0.6) is 0 Å². The van der Waals surface area contributed by atoms with Crippen LogP contribution < -0.4 is 5.32 Å². The number of aliphatic carboxylic acids is 1. The molecule has 16 heavy (non-hydrogen) atoms. The van der Waals surface area contributed by atoms with Gasteiger partial charge in [-0.1, -0.05) is 25.7 Å². The number of carboxylic acid groups (broad SMARTS) is 1. The highest BCUT2D eigenvalue weighted by molar-refractivity contribution is 5.85. The van der Waals surface area contributed by atoms with Crippen LogP contribution in [0.3, 0.4) is 0 Å².